The van der Waals surface area contributed by atoms with E-state index in [-0.39, 0.29) is 10.8 Å². The molecule has 0 heterocycles. The van der Waals surface area contributed by atoms with Gasteiger partial charge in [-0.2, -0.15) is 0 Å². The summed E-state index contributed by atoms with van der Waals surface area (Å²) >= 11 is 0. The van der Waals surface area contributed by atoms with Crippen molar-refractivity contribution in [2.24, 2.45) is 0 Å². The van der Waals surface area contributed by atoms with Gasteiger partial charge in [-0.15, -0.1) is 0 Å². The summed E-state index contributed by atoms with van der Waals surface area (Å²) in [6.45, 7) is 13.9. The molecule has 0 nitrogen and oxygen atoms in total. The molecule has 0 heteroatoms. The van der Waals surface area contributed by atoms with Crippen LogP contribution in [0.5, 0.6) is 0 Å². The lowest BCUT2D eigenvalue weighted by Crippen LogP contribution is -2.40. The van der Waals surface area contributed by atoms with E-state index in [9.17, 15) is 0 Å². The summed E-state index contributed by atoms with van der Waals surface area (Å²) in [5.41, 5.74) is 4.35. The average Bonchev–Trinajstić information content (AvgIpc) is 2.48. The van der Waals surface area contributed by atoms with Gasteiger partial charge in [-0.1, -0.05) is 96.1 Å². The van der Waals surface area contributed by atoms with Crippen molar-refractivity contribution in [3.63, 3.8) is 0 Å². The molecule has 0 aliphatic carbocycles. The maximum absolute atomic E-state index is 2.35. The van der Waals surface area contributed by atoms with E-state index >= 15 is 0 Å². The van der Waals surface area contributed by atoms with Gasteiger partial charge in [-0.25, -0.2) is 0 Å². The van der Waals surface area contributed by atoms with Crippen LogP contribution in [0.15, 0.2) is 54.6 Å². The minimum atomic E-state index is 0.0733. The molecule has 0 amide bonds. The third kappa shape index (κ3) is 2.90. The zero-order valence-corrected chi connectivity index (χ0v) is 14.3. The summed E-state index contributed by atoms with van der Waals surface area (Å²) < 4.78 is 0. The summed E-state index contributed by atoms with van der Waals surface area (Å²) in [5, 5.41) is 0. The van der Waals surface area contributed by atoms with Gasteiger partial charge in [0.1, 0.15) is 0 Å². The molecule has 2 aromatic rings. The first-order chi connectivity index (χ1) is 9.76. The van der Waals surface area contributed by atoms with Crippen LogP contribution in [0.3, 0.4) is 0 Å². The molecule has 0 unspecified atom stereocenters. The van der Waals surface area contributed by atoms with Crippen LogP contribution in [0.2, 0.25) is 0 Å². The van der Waals surface area contributed by atoms with Gasteiger partial charge in [0, 0.05) is 0 Å². The standard InChI is InChI=1S/C21H28/c1-16(2)17-12-14-19(15-13-17)21(5,6)20(3,4)18-10-8-7-9-11-18/h7-16H,1-6H3. The minimum absolute atomic E-state index is 0.0733. The van der Waals surface area contributed by atoms with Crippen LogP contribution in [0.1, 0.15) is 64.2 Å². The summed E-state index contributed by atoms with van der Waals surface area (Å²) in [6, 6.07) is 20.0. The Morgan fingerprint density at radius 2 is 1.05 bits per heavy atom. The molecule has 0 spiro atoms. The second-order valence-electron chi connectivity index (χ2n) is 7.39. The molecule has 21 heavy (non-hydrogen) atoms. The van der Waals surface area contributed by atoms with Crippen molar-refractivity contribution >= 4 is 0 Å². The average molecular weight is 280 g/mol. The van der Waals surface area contributed by atoms with Gasteiger partial charge >= 0.3 is 0 Å². The predicted molar refractivity (Wildman–Crippen MR) is 93.0 cm³/mol. The number of hydrogen-bond donors (Lipinski definition) is 0. The Morgan fingerprint density at radius 1 is 0.619 bits per heavy atom. The second kappa shape index (κ2) is 5.67. The summed E-state index contributed by atoms with van der Waals surface area (Å²) in [7, 11) is 0. The Bertz CT molecular complexity index is 571. The quantitative estimate of drug-likeness (QED) is 0.638. The molecule has 0 atom stereocenters. The van der Waals surface area contributed by atoms with Gasteiger partial charge in [0.05, 0.1) is 0 Å². The second-order valence-corrected chi connectivity index (χ2v) is 7.39. The summed E-state index contributed by atoms with van der Waals surface area (Å²) in [4.78, 5) is 0. The molecule has 0 aromatic heterocycles. The number of hydrogen-bond acceptors (Lipinski definition) is 0. The zero-order valence-electron chi connectivity index (χ0n) is 14.3. The van der Waals surface area contributed by atoms with Crippen molar-refractivity contribution in [2.75, 3.05) is 0 Å². The van der Waals surface area contributed by atoms with E-state index in [4.69, 9.17) is 0 Å². The topological polar surface area (TPSA) is 0 Å². The lowest BCUT2D eigenvalue weighted by atomic mass is 9.61. The molecule has 0 N–H and O–H groups in total. The van der Waals surface area contributed by atoms with E-state index in [1.807, 2.05) is 0 Å². The third-order valence-corrected chi connectivity index (χ3v) is 5.36. The van der Waals surface area contributed by atoms with Gasteiger partial charge in [-0.3, -0.25) is 0 Å². The van der Waals surface area contributed by atoms with Crippen LogP contribution in [-0.4, -0.2) is 0 Å². The van der Waals surface area contributed by atoms with Gasteiger partial charge in [-0.05, 0) is 33.4 Å². The van der Waals surface area contributed by atoms with Crippen LogP contribution in [0.25, 0.3) is 0 Å². The normalized spacial score (nSPS) is 12.7. The molecule has 0 radical (unpaired) electrons. The van der Waals surface area contributed by atoms with E-state index < -0.39 is 0 Å². The zero-order chi connectivity index (χ0) is 15.7. The molecule has 0 saturated carbocycles. The smallest absolute Gasteiger partial charge is 0.00120 e. The Hall–Kier alpha value is -1.56. The third-order valence-electron chi connectivity index (χ3n) is 5.36. The van der Waals surface area contributed by atoms with E-state index in [1.54, 1.807) is 0 Å². The van der Waals surface area contributed by atoms with Gasteiger partial charge < -0.3 is 0 Å². The predicted octanol–water partition coefficient (Wildman–Crippen LogP) is 6.07. The molecule has 0 aliphatic rings. The fourth-order valence-electron chi connectivity index (χ4n) is 2.86. The van der Waals surface area contributed by atoms with E-state index in [0.717, 1.165) is 0 Å². The van der Waals surface area contributed by atoms with Crippen LogP contribution >= 0.6 is 0 Å². The molecule has 0 fully saturated rings. The molecule has 0 aliphatic heterocycles. The molecular weight excluding hydrogens is 252 g/mol. The molecule has 0 saturated heterocycles. The van der Waals surface area contributed by atoms with Crippen molar-refractivity contribution in [1.29, 1.82) is 0 Å². The van der Waals surface area contributed by atoms with Crippen molar-refractivity contribution in [3.05, 3.63) is 71.3 Å². The Morgan fingerprint density at radius 3 is 1.48 bits per heavy atom. The van der Waals surface area contributed by atoms with Crippen LogP contribution in [-0.2, 0) is 10.8 Å². The van der Waals surface area contributed by atoms with Gasteiger partial charge in [0.25, 0.3) is 0 Å². The summed E-state index contributed by atoms with van der Waals surface area (Å²) in [5.74, 6) is 0.587. The highest BCUT2D eigenvalue weighted by atomic mass is 14.4. The minimum Gasteiger partial charge on any atom is -0.0622 e. The fourth-order valence-corrected chi connectivity index (χ4v) is 2.86. The Labute approximate surface area is 130 Å². The lowest BCUT2D eigenvalue weighted by molar-refractivity contribution is 0.303. The van der Waals surface area contributed by atoms with Crippen molar-refractivity contribution in [3.8, 4) is 0 Å². The van der Waals surface area contributed by atoms with Gasteiger partial charge in [0.15, 0.2) is 0 Å². The SMILES string of the molecule is CC(C)c1ccc(C(C)(C)C(C)(C)c2ccccc2)cc1. The molecular formula is C21H28. The Kier molecular flexibility index (Phi) is 4.27. The van der Waals surface area contributed by atoms with Gasteiger partial charge in [0.2, 0.25) is 0 Å². The highest BCUT2D eigenvalue weighted by Crippen LogP contribution is 2.43. The van der Waals surface area contributed by atoms with E-state index in [2.05, 4.69) is 96.1 Å². The lowest BCUT2D eigenvalue weighted by Gasteiger charge is -2.43. The molecule has 2 rings (SSSR count). The van der Waals surface area contributed by atoms with Crippen molar-refractivity contribution in [1.82, 2.24) is 0 Å². The molecule has 112 valence electrons. The maximum Gasteiger partial charge on any atom is -0.00120 e. The molecule has 2 aromatic carbocycles. The molecule has 0 bridgehead atoms. The van der Waals surface area contributed by atoms with Crippen molar-refractivity contribution in [2.45, 2.75) is 58.3 Å². The first-order valence-corrected chi connectivity index (χ1v) is 7.93. The van der Waals surface area contributed by atoms with Crippen LogP contribution in [0.4, 0.5) is 0 Å². The van der Waals surface area contributed by atoms with E-state index in [1.165, 1.54) is 16.7 Å². The number of benzene rings is 2. The fraction of sp³-hybridized carbons (Fsp3) is 0.429. The first kappa shape index (κ1) is 15.8. The van der Waals surface area contributed by atoms with Crippen LogP contribution in [0, 0.1) is 0 Å². The van der Waals surface area contributed by atoms with E-state index in [0.29, 0.717) is 5.92 Å². The Balaban J connectivity index is 2.40. The summed E-state index contributed by atoms with van der Waals surface area (Å²) in [6.07, 6.45) is 0. The highest BCUT2D eigenvalue weighted by Gasteiger charge is 2.39. The highest BCUT2D eigenvalue weighted by molar-refractivity contribution is 5.37. The maximum atomic E-state index is 2.35. The van der Waals surface area contributed by atoms with Crippen LogP contribution < -0.4 is 0 Å². The first-order valence-electron chi connectivity index (χ1n) is 7.93. The monoisotopic (exact) mass is 280 g/mol. The number of rotatable bonds is 4. The largest absolute Gasteiger partial charge is 0.0622 e. The van der Waals surface area contributed by atoms with Crippen molar-refractivity contribution < 1.29 is 0 Å².